The molecule has 4 aromatic heterocycles. The summed E-state index contributed by atoms with van der Waals surface area (Å²) in [5, 5.41) is 20.5. The molecule has 3 aliphatic heterocycles. The highest BCUT2D eigenvalue weighted by Crippen LogP contribution is 2.38. The number of hydrogen-bond acceptors (Lipinski definition) is 14. The number of anilines is 4. The van der Waals surface area contributed by atoms with Gasteiger partial charge in [0.05, 0.1) is 41.1 Å². The fraction of sp³-hybridized carbons (Fsp3) is 0.333. The number of aromatic nitrogens is 6. The van der Waals surface area contributed by atoms with Crippen molar-refractivity contribution in [1.29, 1.82) is 0 Å². The number of halogens is 9. The SMILES string of the molecule is Brc1cccnn1.CC1(C)OB(c2cc(C(=O)Nc3ccc(OC(F)(F)Cl)cc3)cnc2N2CC[C@@H](F)C2)OC1(C)C.O=C(Nc1ccc(OC(F)(F)Cl)cc1)c1cnc(N2CC[C@@H](F)C2)c(-c2cccnn2)c1. The standard InChI is InChI=1S/C23H26BClF3N3O4.C21H17ClF3N5O2.C4H3BrN2/c1-21(2)22(3,4)35-24(34-21)18-11-14(12-29-19(18)31-10-9-15(26)13-31)20(32)30-16-5-7-17(8-6-16)33-23(25,27)28;22-21(24,25)32-16-5-3-15(4-6-16)28-20(31)13-10-17(18-2-1-8-27-29-18)19(26-11-13)30-9-7-14(23)12-30;5-4-2-1-3-6-7-4/h5-8,11-12,15H,9-10,13H2,1-4H3,(H,30,32);1-6,8,10-11,14H,7,9,12H2,(H,28,31);1-3H/t15-;14-;/m11./s1. The Morgan fingerprint density at radius 2 is 1.16 bits per heavy atom. The van der Waals surface area contributed by atoms with Gasteiger partial charge in [-0.1, -0.05) is 0 Å². The number of ether oxygens (including phenoxy) is 2. The monoisotopic (exact) mass is 1130 g/mol. The Morgan fingerprint density at radius 1 is 0.703 bits per heavy atom. The number of amides is 2. The van der Waals surface area contributed by atoms with Crippen LogP contribution in [0.3, 0.4) is 0 Å². The number of carbonyl (C=O) groups excluding carboxylic acids is 2. The van der Waals surface area contributed by atoms with E-state index in [9.17, 15) is 35.9 Å². The Bertz CT molecular complexity index is 2850. The van der Waals surface area contributed by atoms with E-state index in [0.717, 1.165) is 4.60 Å². The number of hydrogen-bond donors (Lipinski definition) is 2. The van der Waals surface area contributed by atoms with Gasteiger partial charge in [-0.25, -0.2) is 18.7 Å². The second kappa shape index (κ2) is 23.5. The van der Waals surface area contributed by atoms with Crippen molar-refractivity contribution >= 4 is 86.5 Å². The normalized spacial score (nSPS) is 17.9. The van der Waals surface area contributed by atoms with Gasteiger partial charge in [0.25, 0.3) is 11.8 Å². The first kappa shape index (κ1) is 55.4. The minimum absolute atomic E-state index is 0.157. The van der Waals surface area contributed by atoms with Crippen LogP contribution in [-0.2, 0) is 9.31 Å². The molecule has 16 nitrogen and oxygen atoms in total. The number of benzene rings is 2. The summed E-state index contributed by atoms with van der Waals surface area (Å²) in [5.41, 5.74) is -6.17. The first-order valence-corrected chi connectivity index (χ1v) is 24.2. The maximum Gasteiger partial charge on any atom is 0.498 e. The summed E-state index contributed by atoms with van der Waals surface area (Å²) in [4.78, 5) is 38.2. The lowest BCUT2D eigenvalue weighted by molar-refractivity contribution is -0.0972. The van der Waals surface area contributed by atoms with Gasteiger partial charge in [0.15, 0.2) is 0 Å². The van der Waals surface area contributed by atoms with E-state index in [1.165, 1.54) is 67.1 Å². The molecule has 0 spiro atoms. The van der Waals surface area contributed by atoms with Gasteiger partial charge in [0.2, 0.25) is 0 Å². The van der Waals surface area contributed by atoms with Crippen molar-refractivity contribution in [2.45, 2.75) is 75.2 Å². The van der Waals surface area contributed by atoms with Gasteiger partial charge in [0.1, 0.15) is 40.1 Å². The molecule has 9 rings (SSSR count). The Hall–Kier alpha value is -6.34. The molecular formula is C48H46BBrCl2F6N10O6. The highest BCUT2D eigenvalue weighted by atomic mass is 79.9. The van der Waals surface area contributed by atoms with Crippen LogP contribution in [0.4, 0.5) is 49.4 Å². The molecule has 0 saturated carbocycles. The molecule has 0 aliphatic carbocycles. The van der Waals surface area contributed by atoms with Crippen LogP contribution in [-0.4, -0.2) is 110 Å². The maximum absolute atomic E-state index is 13.9. The third kappa shape index (κ3) is 15.1. The van der Waals surface area contributed by atoms with E-state index in [4.69, 9.17) is 32.5 Å². The summed E-state index contributed by atoms with van der Waals surface area (Å²) in [6.45, 7) is 9.05. The summed E-state index contributed by atoms with van der Waals surface area (Å²) in [6.07, 6.45) is 4.83. The summed E-state index contributed by atoms with van der Waals surface area (Å²) in [5.74, 6) is -0.253. The molecular weight excluding hydrogens is 1090 g/mol. The van der Waals surface area contributed by atoms with Crippen LogP contribution in [0.5, 0.6) is 11.5 Å². The maximum atomic E-state index is 13.9. The van der Waals surface area contributed by atoms with E-state index < -0.39 is 53.6 Å². The summed E-state index contributed by atoms with van der Waals surface area (Å²) in [6, 6.07) is 20.9. The van der Waals surface area contributed by atoms with E-state index in [1.54, 1.807) is 30.5 Å². The number of alkyl halides is 8. The van der Waals surface area contributed by atoms with Crippen molar-refractivity contribution in [1.82, 2.24) is 30.4 Å². The van der Waals surface area contributed by atoms with Crippen molar-refractivity contribution in [3.8, 4) is 22.8 Å². The average Bonchev–Trinajstić information content (AvgIpc) is 4.05. The molecule has 7 heterocycles. The molecule has 390 valence electrons. The molecule has 3 saturated heterocycles. The zero-order chi connectivity index (χ0) is 53.4. The number of carbonyl (C=O) groups is 2. The lowest BCUT2D eigenvalue weighted by atomic mass is 9.78. The Morgan fingerprint density at radius 3 is 1.57 bits per heavy atom. The van der Waals surface area contributed by atoms with E-state index in [0.29, 0.717) is 65.7 Å². The summed E-state index contributed by atoms with van der Waals surface area (Å²) in [7, 11) is -0.803. The molecule has 2 N–H and O–H groups in total. The third-order valence-electron chi connectivity index (χ3n) is 11.7. The molecule has 2 amide bonds. The Kier molecular flexibility index (Phi) is 17.6. The molecule has 26 heteroatoms. The summed E-state index contributed by atoms with van der Waals surface area (Å²) >= 11 is 12.6. The van der Waals surface area contributed by atoms with Gasteiger partial charge in [-0.05, 0) is 141 Å². The largest absolute Gasteiger partial charge is 0.498 e. The average molecular weight is 1130 g/mol. The van der Waals surface area contributed by atoms with Crippen LogP contribution in [0.1, 0.15) is 61.3 Å². The van der Waals surface area contributed by atoms with E-state index in [2.05, 4.69) is 66.4 Å². The molecule has 0 bridgehead atoms. The number of nitrogens with zero attached hydrogens (tertiary/aromatic N) is 8. The molecule has 2 aromatic carbocycles. The van der Waals surface area contributed by atoms with Crippen LogP contribution < -0.4 is 35.4 Å². The van der Waals surface area contributed by atoms with Gasteiger partial charge in [0, 0.05) is 83.5 Å². The number of pyridine rings is 2. The highest BCUT2D eigenvalue weighted by Gasteiger charge is 2.53. The van der Waals surface area contributed by atoms with Gasteiger partial charge >= 0.3 is 18.3 Å². The molecule has 6 aromatic rings. The van der Waals surface area contributed by atoms with Gasteiger partial charge < -0.3 is 39.2 Å². The molecule has 2 atom stereocenters. The van der Waals surface area contributed by atoms with Crippen LogP contribution >= 0.6 is 39.1 Å². The second-order valence-corrected chi connectivity index (χ2v) is 19.4. The van der Waals surface area contributed by atoms with Crippen molar-refractivity contribution in [3.63, 3.8) is 0 Å². The van der Waals surface area contributed by atoms with Crippen molar-refractivity contribution in [2.24, 2.45) is 0 Å². The van der Waals surface area contributed by atoms with Crippen LogP contribution in [0, 0.1) is 0 Å². The fourth-order valence-corrected chi connectivity index (χ4v) is 7.89. The molecule has 74 heavy (non-hydrogen) atoms. The molecule has 3 fully saturated rings. The van der Waals surface area contributed by atoms with Crippen LogP contribution in [0.25, 0.3) is 11.3 Å². The first-order chi connectivity index (χ1) is 34.9. The van der Waals surface area contributed by atoms with Gasteiger partial charge in [-0.15, -0.1) is 22.7 Å². The molecule has 0 unspecified atom stereocenters. The Balaban J connectivity index is 0.000000191. The van der Waals surface area contributed by atoms with Crippen LogP contribution in [0.2, 0.25) is 0 Å². The topological polar surface area (TPSA) is 179 Å². The van der Waals surface area contributed by atoms with Crippen molar-refractivity contribution in [3.05, 3.63) is 125 Å². The predicted molar refractivity (Wildman–Crippen MR) is 270 cm³/mol. The second-order valence-electron chi connectivity index (χ2n) is 17.7. The van der Waals surface area contributed by atoms with Crippen LogP contribution in [0.15, 0.2) is 114 Å². The van der Waals surface area contributed by atoms with Gasteiger partial charge in [-0.2, -0.15) is 15.3 Å². The first-order valence-electron chi connectivity index (χ1n) is 22.6. The smallest absolute Gasteiger partial charge is 0.420 e. The number of nitrogens with one attached hydrogen (secondary N) is 2. The number of rotatable bonds is 12. The quantitative estimate of drug-likeness (QED) is 0.0672. The Labute approximate surface area is 439 Å². The molecule has 3 aliphatic rings. The zero-order valence-electron chi connectivity index (χ0n) is 39.8. The van der Waals surface area contributed by atoms with Crippen molar-refractivity contribution in [2.75, 3.05) is 46.6 Å². The minimum Gasteiger partial charge on any atom is -0.420 e. The van der Waals surface area contributed by atoms with E-state index in [-0.39, 0.29) is 35.7 Å². The lowest BCUT2D eigenvalue weighted by Crippen LogP contribution is -2.41. The zero-order valence-corrected chi connectivity index (χ0v) is 42.9. The third-order valence-corrected chi connectivity index (χ3v) is 12.3. The van der Waals surface area contributed by atoms with E-state index >= 15 is 0 Å². The van der Waals surface area contributed by atoms with Crippen molar-refractivity contribution < 1.29 is 54.7 Å². The predicted octanol–water partition coefficient (Wildman–Crippen LogP) is 10.1. The summed E-state index contributed by atoms with van der Waals surface area (Å²) < 4.78 is 100. The highest BCUT2D eigenvalue weighted by molar-refractivity contribution is 9.10. The minimum atomic E-state index is -3.83. The lowest BCUT2D eigenvalue weighted by Gasteiger charge is -2.32. The molecule has 0 radical (unpaired) electrons. The van der Waals surface area contributed by atoms with Gasteiger partial charge in [-0.3, -0.25) is 9.59 Å². The fourth-order valence-electron chi connectivity index (χ4n) is 7.46. The van der Waals surface area contributed by atoms with E-state index in [1.807, 2.05) is 49.6 Å².